The van der Waals surface area contributed by atoms with Gasteiger partial charge in [0.2, 0.25) is 0 Å². The van der Waals surface area contributed by atoms with Gasteiger partial charge in [-0.1, -0.05) is 48.3 Å². The van der Waals surface area contributed by atoms with Crippen LogP contribution in [0.5, 0.6) is 0 Å². The molecule has 4 nitrogen and oxygen atoms in total. The molecule has 148 valence electrons. The molecule has 0 unspecified atom stereocenters. The molecule has 2 aromatic rings. The summed E-state index contributed by atoms with van der Waals surface area (Å²) < 4.78 is 0. The van der Waals surface area contributed by atoms with Crippen molar-refractivity contribution < 1.29 is 4.79 Å². The van der Waals surface area contributed by atoms with Crippen LogP contribution in [-0.4, -0.2) is 11.7 Å². The van der Waals surface area contributed by atoms with Crippen molar-refractivity contribution in [3.05, 3.63) is 86.0 Å². The Morgan fingerprint density at radius 2 is 1.90 bits per heavy atom. The van der Waals surface area contributed by atoms with Crippen molar-refractivity contribution in [3.63, 3.8) is 0 Å². The van der Waals surface area contributed by atoms with Gasteiger partial charge in [-0.15, -0.1) is 11.8 Å². The van der Waals surface area contributed by atoms with E-state index in [0.29, 0.717) is 32.6 Å². The smallest absolute Gasteiger partial charge is 0.254 e. The lowest BCUT2D eigenvalue weighted by Gasteiger charge is -2.30. The molecule has 2 aromatic carbocycles. The Labute approximate surface area is 184 Å². The van der Waals surface area contributed by atoms with Crippen LogP contribution in [0.15, 0.2) is 70.4 Å². The lowest BCUT2D eigenvalue weighted by Crippen LogP contribution is -2.30. The summed E-state index contributed by atoms with van der Waals surface area (Å²) in [5, 5.41) is 17.9. The van der Waals surface area contributed by atoms with Gasteiger partial charge in [0.05, 0.1) is 22.6 Å². The van der Waals surface area contributed by atoms with Crippen molar-refractivity contribution in [2.45, 2.75) is 19.8 Å². The highest BCUT2D eigenvalue weighted by Gasteiger charge is 2.35. The largest absolute Gasteiger partial charge is 0.353 e. The minimum absolute atomic E-state index is 0.296. The highest BCUT2D eigenvalue weighted by atomic mass is 35.5. The first-order chi connectivity index (χ1) is 14.0. The van der Waals surface area contributed by atoms with E-state index in [4.69, 9.17) is 23.2 Å². The lowest BCUT2D eigenvalue weighted by atomic mass is 9.82. The van der Waals surface area contributed by atoms with E-state index in [2.05, 4.69) is 16.7 Å². The Morgan fingerprint density at radius 1 is 1.21 bits per heavy atom. The molecule has 0 spiro atoms. The molecule has 0 radical (unpaired) electrons. The molecular formula is C22H19Cl2N3OS. The van der Waals surface area contributed by atoms with Crippen LogP contribution in [0.1, 0.15) is 25.3 Å². The first kappa shape index (κ1) is 21.3. The third kappa shape index (κ3) is 4.62. The van der Waals surface area contributed by atoms with E-state index < -0.39 is 5.92 Å². The van der Waals surface area contributed by atoms with Crippen LogP contribution in [0.2, 0.25) is 10.0 Å². The standard InChI is InChI=1S/C22H19Cl2N3OS/c1-3-29-22-17(12-25)20(16-6-4-5-7-18(16)24)19(13(2)26-22)21(28)27-15-10-8-14(23)9-11-15/h4-11,20,26H,3H2,1-2H3,(H,27,28)/t20-/m1/s1. The molecule has 0 saturated carbocycles. The first-order valence-electron chi connectivity index (χ1n) is 9.02. The SMILES string of the molecule is CCSC1=C(C#N)[C@@H](c2ccccc2Cl)C(C(=O)Nc2ccc(Cl)cc2)=C(C)N1. The minimum atomic E-state index is -0.559. The first-order valence-corrected chi connectivity index (χ1v) is 10.8. The highest BCUT2D eigenvalue weighted by Crippen LogP contribution is 2.43. The third-order valence-electron chi connectivity index (χ3n) is 4.50. The summed E-state index contributed by atoms with van der Waals surface area (Å²) in [6, 6.07) is 16.5. The van der Waals surface area contributed by atoms with E-state index in [1.54, 1.807) is 30.3 Å². The molecule has 0 bridgehead atoms. The molecular weight excluding hydrogens is 425 g/mol. The number of carbonyl (C=O) groups excluding carboxylic acids is 1. The number of nitrogens with one attached hydrogen (secondary N) is 2. The molecule has 1 heterocycles. The van der Waals surface area contributed by atoms with E-state index in [0.717, 1.165) is 16.3 Å². The van der Waals surface area contributed by atoms with Crippen molar-refractivity contribution in [2.24, 2.45) is 0 Å². The lowest BCUT2D eigenvalue weighted by molar-refractivity contribution is -0.113. The molecule has 29 heavy (non-hydrogen) atoms. The van der Waals surface area contributed by atoms with Crippen LogP contribution >= 0.6 is 35.0 Å². The zero-order valence-corrected chi connectivity index (χ0v) is 18.3. The van der Waals surface area contributed by atoms with Crippen LogP contribution in [0.4, 0.5) is 5.69 Å². The van der Waals surface area contributed by atoms with Gasteiger partial charge in [0.25, 0.3) is 5.91 Å². The predicted molar refractivity (Wildman–Crippen MR) is 121 cm³/mol. The zero-order chi connectivity index (χ0) is 21.0. The maximum absolute atomic E-state index is 13.3. The highest BCUT2D eigenvalue weighted by molar-refractivity contribution is 8.03. The van der Waals surface area contributed by atoms with Gasteiger partial charge >= 0.3 is 0 Å². The van der Waals surface area contributed by atoms with Crippen molar-refractivity contribution in [2.75, 3.05) is 11.1 Å². The van der Waals surface area contributed by atoms with Crippen molar-refractivity contribution in [1.29, 1.82) is 5.26 Å². The number of amides is 1. The number of hydrogen-bond acceptors (Lipinski definition) is 4. The fourth-order valence-electron chi connectivity index (χ4n) is 3.22. The average molecular weight is 444 g/mol. The molecule has 2 N–H and O–H groups in total. The molecule has 3 rings (SSSR count). The number of carbonyl (C=O) groups is 1. The number of anilines is 1. The minimum Gasteiger partial charge on any atom is -0.353 e. The Kier molecular flexibility index (Phi) is 6.92. The van der Waals surface area contributed by atoms with Gasteiger partial charge in [0.15, 0.2) is 0 Å². The van der Waals surface area contributed by atoms with Crippen molar-refractivity contribution in [1.82, 2.24) is 5.32 Å². The second kappa shape index (κ2) is 9.41. The molecule has 0 aromatic heterocycles. The fraction of sp³-hybridized carbons (Fsp3) is 0.182. The second-order valence-corrected chi connectivity index (χ2v) is 8.48. The summed E-state index contributed by atoms with van der Waals surface area (Å²) in [4.78, 5) is 13.3. The van der Waals surface area contributed by atoms with Gasteiger partial charge in [-0.05, 0) is 48.6 Å². The number of halogens is 2. The number of rotatable bonds is 5. The number of nitriles is 1. The van der Waals surface area contributed by atoms with Crippen LogP contribution in [0.25, 0.3) is 0 Å². The molecule has 1 atom stereocenters. The van der Waals surface area contributed by atoms with Crippen molar-refractivity contribution >= 4 is 46.6 Å². The van der Waals surface area contributed by atoms with E-state index in [-0.39, 0.29) is 5.91 Å². The summed E-state index contributed by atoms with van der Waals surface area (Å²) in [6.45, 7) is 3.85. The Bertz CT molecular complexity index is 1040. The summed E-state index contributed by atoms with van der Waals surface area (Å²) in [6.07, 6.45) is 0. The second-order valence-electron chi connectivity index (χ2n) is 6.37. The summed E-state index contributed by atoms with van der Waals surface area (Å²) in [5.41, 5.74) is 2.98. The van der Waals surface area contributed by atoms with Crippen LogP contribution < -0.4 is 10.6 Å². The topological polar surface area (TPSA) is 64.9 Å². The number of thioether (sulfide) groups is 1. The van der Waals surface area contributed by atoms with Crippen LogP contribution in [0, 0.1) is 11.3 Å². The summed E-state index contributed by atoms with van der Waals surface area (Å²) in [7, 11) is 0. The van der Waals surface area contributed by atoms with Gasteiger partial charge in [-0.2, -0.15) is 5.26 Å². The number of hydrogen-bond donors (Lipinski definition) is 2. The van der Waals surface area contributed by atoms with Crippen LogP contribution in [0.3, 0.4) is 0 Å². The number of nitrogens with zero attached hydrogens (tertiary/aromatic N) is 1. The molecule has 7 heteroatoms. The fourth-order valence-corrected chi connectivity index (χ4v) is 4.43. The quantitative estimate of drug-likeness (QED) is 0.587. The van der Waals surface area contributed by atoms with Crippen LogP contribution in [-0.2, 0) is 4.79 Å². The van der Waals surface area contributed by atoms with E-state index in [1.165, 1.54) is 11.8 Å². The number of allylic oxidation sites excluding steroid dienone is 2. The van der Waals surface area contributed by atoms with Gasteiger partial charge < -0.3 is 10.6 Å². The normalized spacial score (nSPS) is 16.3. The maximum atomic E-state index is 13.3. The molecule has 1 aliphatic heterocycles. The van der Waals surface area contributed by atoms with Gasteiger partial charge in [0, 0.05) is 27.0 Å². The zero-order valence-electron chi connectivity index (χ0n) is 15.9. The van der Waals surface area contributed by atoms with Gasteiger partial charge in [0.1, 0.15) is 0 Å². The number of dihydropyridines is 1. The molecule has 0 saturated heterocycles. The Balaban J connectivity index is 2.08. The molecule has 1 amide bonds. The van der Waals surface area contributed by atoms with Crippen molar-refractivity contribution in [3.8, 4) is 6.07 Å². The maximum Gasteiger partial charge on any atom is 0.254 e. The third-order valence-corrected chi connectivity index (χ3v) is 5.99. The van der Waals surface area contributed by atoms with Gasteiger partial charge in [-0.3, -0.25) is 4.79 Å². The predicted octanol–water partition coefficient (Wildman–Crippen LogP) is 6.08. The van der Waals surface area contributed by atoms with Gasteiger partial charge in [-0.25, -0.2) is 0 Å². The summed E-state index contributed by atoms with van der Waals surface area (Å²) in [5.74, 6) is -0.0608. The molecule has 0 aliphatic carbocycles. The summed E-state index contributed by atoms with van der Waals surface area (Å²) >= 11 is 13.9. The Hall–Kier alpha value is -2.39. The van der Waals surface area contributed by atoms with E-state index in [9.17, 15) is 10.1 Å². The Morgan fingerprint density at radius 3 is 2.52 bits per heavy atom. The molecule has 0 fully saturated rings. The monoisotopic (exact) mass is 443 g/mol. The number of benzene rings is 2. The van der Waals surface area contributed by atoms with E-state index in [1.807, 2.05) is 32.0 Å². The molecule has 1 aliphatic rings. The average Bonchev–Trinajstić information content (AvgIpc) is 2.70. The van der Waals surface area contributed by atoms with E-state index >= 15 is 0 Å².